The normalized spacial score (nSPS) is 17.0. The van der Waals surface area contributed by atoms with Crippen molar-refractivity contribution in [2.24, 2.45) is 0 Å². The molecular weight excluding hydrogens is 525 g/mol. The maximum Gasteiger partial charge on any atom is 0.398 e. The van der Waals surface area contributed by atoms with Gasteiger partial charge in [0.05, 0.1) is 0 Å². The highest BCUT2D eigenvalue weighted by Crippen LogP contribution is 2.42. The van der Waals surface area contributed by atoms with Crippen molar-refractivity contribution >= 4 is 48.5 Å². The highest BCUT2D eigenvalue weighted by atomic mass is 28.5. The first-order valence-electron chi connectivity index (χ1n) is 13.4. The van der Waals surface area contributed by atoms with Crippen molar-refractivity contribution in [3.8, 4) is 0 Å². The molecule has 0 bridgehead atoms. The van der Waals surface area contributed by atoms with Gasteiger partial charge in [-0.05, 0) is 65.3 Å². The van der Waals surface area contributed by atoms with E-state index in [0.29, 0.717) is 5.57 Å². The molecule has 0 aliphatic heterocycles. The maximum atomic E-state index is 12.8. The van der Waals surface area contributed by atoms with Crippen molar-refractivity contribution < 1.29 is 25.7 Å². The Balaban J connectivity index is 5.89. The predicted molar refractivity (Wildman–Crippen MR) is 160 cm³/mol. The van der Waals surface area contributed by atoms with Gasteiger partial charge in [0.1, 0.15) is 0 Å². The smallest absolute Gasteiger partial charge is 0.398 e. The second kappa shape index (κ2) is 13.8. The van der Waals surface area contributed by atoms with Crippen molar-refractivity contribution in [3.63, 3.8) is 0 Å². The molecule has 0 aromatic rings. The number of rotatable bonds is 17. The van der Waals surface area contributed by atoms with Crippen molar-refractivity contribution in [1.82, 2.24) is 0 Å². The topological polar surface area (TPSA) is 63.2 Å². The molecule has 0 N–H and O–H groups in total. The predicted octanol–water partition coefficient (Wildman–Crippen LogP) is 8.33. The van der Waals surface area contributed by atoms with Crippen molar-refractivity contribution in [2.45, 2.75) is 137 Å². The highest BCUT2D eigenvalue weighted by molar-refractivity contribution is 6.90. The van der Waals surface area contributed by atoms with Gasteiger partial charge in [0.25, 0.3) is 0 Å². The monoisotopic (exact) mass is 580 g/mol. The van der Waals surface area contributed by atoms with E-state index in [1.807, 2.05) is 0 Å². The zero-order valence-corrected chi connectivity index (χ0v) is 30.3. The molecule has 208 valence electrons. The molecule has 0 heterocycles. The molecule has 0 spiro atoms. The summed E-state index contributed by atoms with van der Waals surface area (Å²) in [6.07, 6.45) is 4.10. The SMILES string of the molecule is C=C(C)C(=O)O[Si](O[Si](C)(C)O[Si](C)(C)O[Si](C)(C)O[Si](C)(C)CCCC)(C(C)CC)C(C)CC. The third kappa shape index (κ3) is 12.0. The number of hydrogen-bond donors (Lipinski definition) is 0. The van der Waals surface area contributed by atoms with Crippen LogP contribution in [0.4, 0.5) is 0 Å². The van der Waals surface area contributed by atoms with Crippen molar-refractivity contribution in [2.75, 3.05) is 0 Å². The van der Waals surface area contributed by atoms with Crippen LogP contribution in [-0.4, -0.2) is 48.5 Å². The summed E-state index contributed by atoms with van der Waals surface area (Å²) in [7, 11) is -12.5. The molecule has 0 saturated carbocycles. The summed E-state index contributed by atoms with van der Waals surface area (Å²) in [5, 5.41) is 0. The van der Waals surface area contributed by atoms with E-state index in [4.69, 9.17) is 20.9 Å². The summed E-state index contributed by atoms with van der Waals surface area (Å²) in [6, 6.07) is 1.14. The van der Waals surface area contributed by atoms with Gasteiger partial charge < -0.3 is 20.9 Å². The van der Waals surface area contributed by atoms with Crippen LogP contribution in [0.5, 0.6) is 0 Å². The van der Waals surface area contributed by atoms with E-state index in [-0.39, 0.29) is 17.1 Å². The van der Waals surface area contributed by atoms with E-state index in [1.165, 1.54) is 12.8 Å². The minimum Gasteiger partial charge on any atom is -0.491 e. The lowest BCUT2D eigenvalue weighted by Gasteiger charge is -2.46. The molecule has 0 aliphatic rings. The molecule has 2 atom stereocenters. The van der Waals surface area contributed by atoms with Crippen LogP contribution in [0.1, 0.15) is 67.2 Å². The van der Waals surface area contributed by atoms with E-state index in [0.717, 1.165) is 18.9 Å². The van der Waals surface area contributed by atoms with E-state index in [1.54, 1.807) is 6.92 Å². The van der Waals surface area contributed by atoms with Crippen LogP contribution in [0.25, 0.3) is 0 Å². The molecule has 0 radical (unpaired) electrons. The lowest BCUT2D eigenvalue weighted by atomic mass is 10.3. The molecule has 6 nitrogen and oxygen atoms in total. The average molecular weight is 581 g/mol. The van der Waals surface area contributed by atoms with Crippen LogP contribution < -0.4 is 0 Å². The first-order valence-corrected chi connectivity index (χ1v) is 26.9. The zero-order chi connectivity index (χ0) is 27.9. The quantitative estimate of drug-likeness (QED) is 0.127. The summed E-state index contributed by atoms with van der Waals surface area (Å²) < 4.78 is 33.4. The van der Waals surface area contributed by atoms with E-state index < -0.39 is 42.6 Å². The molecule has 11 heteroatoms. The molecule has 0 aromatic heterocycles. The van der Waals surface area contributed by atoms with Crippen molar-refractivity contribution in [1.29, 1.82) is 0 Å². The van der Waals surface area contributed by atoms with Gasteiger partial charge in [-0.2, -0.15) is 0 Å². The molecule has 0 fully saturated rings. The third-order valence-electron chi connectivity index (χ3n) is 6.24. The lowest BCUT2D eigenvalue weighted by Crippen LogP contribution is -2.62. The van der Waals surface area contributed by atoms with Gasteiger partial charge in [-0.15, -0.1) is 0 Å². The summed E-state index contributed by atoms with van der Waals surface area (Å²) >= 11 is 0. The van der Waals surface area contributed by atoms with Gasteiger partial charge in [0.2, 0.25) is 0 Å². The Labute approximate surface area is 222 Å². The van der Waals surface area contributed by atoms with Crippen molar-refractivity contribution in [3.05, 3.63) is 12.2 Å². The Morgan fingerprint density at radius 3 is 1.51 bits per heavy atom. The number of unbranched alkanes of at least 4 members (excludes halogenated alkanes) is 1. The molecule has 35 heavy (non-hydrogen) atoms. The van der Waals surface area contributed by atoms with Gasteiger partial charge in [-0.1, -0.05) is 66.9 Å². The number of carbonyl (C=O) groups excluding carboxylic acids is 1. The van der Waals surface area contributed by atoms with Crippen LogP contribution in [0, 0.1) is 0 Å². The summed E-state index contributed by atoms with van der Waals surface area (Å²) in [5.74, 6) is -0.365. The summed E-state index contributed by atoms with van der Waals surface area (Å²) in [4.78, 5) is 12.8. The molecule has 0 saturated heterocycles. The Hall–Kier alpha value is 0.134. The third-order valence-corrected chi connectivity index (χ3v) is 27.2. The van der Waals surface area contributed by atoms with Gasteiger partial charge in [-0.3, -0.25) is 0 Å². The second-order valence-electron chi connectivity index (χ2n) is 12.0. The number of hydrogen-bond acceptors (Lipinski definition) is 6. The maximum absolute atomic E-state index is 12.8. The lowest BCUT2D eigenvalue weighted by molar-refractivity contribution is -0.132. The van der Waals surface area contributed by atoms with Crippen LogP contribution >= 0.6 is 0 Å². The fourth-order valence-electron chi connectivity index (χ4n) is 4.66. The number of carbonyl (C=O) groups is 1. The largest absolute Gasteiger partial charge is 0.491 e. The molecule has 2 unspecified atom stereocenters. The van der Waals surface area contributed by atoms with Gasteiger partial charge in [-0.25, -0.2) is 4.79 Å². The van der Waals surface area contributed by atoms with Crippen LogP contribution in [0.2, 0.25) is 69.5 Å². The van der Waals surface area contributed by atoms with E-state index >= 15 is 0 Å². The fourth-order valence-corrected chi connectivity index (χ4v) is 30.5. The summed E-state index contributed by atoms with van der Waals surface area (Å²) in [5.41, 5.74) is 0.651. The standard InChI is InChI=1S/C24H56O6Si5/c1-16-19-20-31(8,9)27-32(10,11)28-33(12,13)29-34(14,15)30-35(22(6)17-2,23(7)18-3)26-24(25)21(4)5/h22-23H,4,16-20H2,1-3,5-15H3. The first-order chi connectivity index (χ1) is 15.7. The first kappa shape index (κ1) is 35.1. The van der Waals surface area contributed by atoms with Crippen LogP contribution in [0.15, 0.2) is 12.2 Å². The Morgan fingerprint density at radius 2 is 1.14 bits per heavy atom. The average Bonchev–Trinajstić information content (AvgIpc) is 2.67. The molecule has 0 aliphatic carbocycles. The van der Waals surface area contributed by atoms with Gasteiger partial charge in [0, 0.05) is 16.7 Å². The highest BCUT2D eigenvalue weighted by Gasteiger charge is 2.56. The summed E-state index contributed by atoms with van der Waals surface area (Å²) in [6.45, 7) is 33.4. The zero-order valence-electron chi connectivity index (χ0n) is 25.3. The molecule has 0 rings (SSSR count). The van der Waals surface area contributed by atoms with E-state index in [2.05, 4.69) is 93.6 Å². The Bertz CT molecular complexity index is 686. The van der Waals surface area contributed by atoms with Gasteiger partial charge in [0.15, 0.2) is 8.32 Å². The minimum absolute atomic E-state index is 0.126. The minimum atomic E-state index is -3.00. The fraction of sp³-hybridized carbons (Fsp3) is 0.875. The van der Waals surface area contributed by atoms with E-state index in [9.17, 15) is 4.79 Å². The molecule has 0 amide bonds. The van der Waals surface area contributed by atoms with Gasteiger partial charge >= 0.3 is 40.2 Å². The Kier molecular flexibility index (Phi) is 13.8. The second-order valence-corrected chi connectivity index (χ2v) is 31.3. The van der Waals surface area contributed by atoms with Crippen LogP contribution in [-0.2, 0) is 25.7 Å². The molecular formula is C24H56O6Si5. The van der Waals surface area contributed by atoms with Crippen LogP contribution in [0.3, 0.4) is 0 Å². The Morgan fingerprint density at radius 1 is 0.743 bits per heavy atom. The molecule has 0 aromatic carbocycles.